The summed E-state index contributed by atoms with van der Waals surface area (Å²) in [6.07, 6.45) is 4.82. The number of aryl methyl sites for hydroxylation is 1. The van der Waals surface area contributed by atoms with Gasteiger partial charge < -0.3 is 10.1 Å². The van der Waals surface area contributed by atoms with Crippen LogP contribution >= 0.6 is 15.9 Å². The summed E-state index contributed by atoms with van der Waals surface area (Å²) in [5.74, 6) is -2.45. The lowest BCUT2D eigenvalue weighted by molar-refractivity contribution is -0.159. The molecule has 0 radical (unpaired) electrons. The number of hydrogen-bond donors (Lipinski definition) is 1. The van der Waals surface area contributed by atoms with Crippen molar-refractivity contribution in [3.05, 3.63) is 40.4 Å². The van der Waals surface area contributed by atoms with E-state index in [0.717, 1.165) is 21.4 Å². The Hall–Kier alpha value is -2.48. The van der Waals surface area contributed by atoms with Gasteiger partial charge in [-0.1, -0.05) is 28.1 Å². The number of anilines is 1. The molecule has 29 heavy (non-hydrogen) atoms. The molecule has 2 fully saturated rings. The van der Waals surface area contributed by atoms with E-state index in [-0.39, 0.29) is 35.5 Å². The van der Waals surface area contributed by atoms with Crippen molar-refractivity contribution in [2.75, 3.05) is 11.9 Å². The number of likely N-dealkylation sites (tertiary alicyclic amines) is 1. The first kappa shape index (κ1) is 19.8. The summed E-state index contributed by atoms with van der Waals surface area (Å²) in [6, 6.07) is 4.27. The highest BCUT2D eigenvalue weighted by Crippen LogP contribution is 2.52. The van der Waals surface area contributed by atoms with Gasteiger partial charge in [-0.05, 0) is 55.9 Å². The molecule has 1 aromatic carbocycles. The van der Waals surface area contributed by atoms with Gasteiger partial charge in [-0.15, -0.1) is 0 Å². The Labute approximate surface area is 176 Å². The monoisotopic (exact) mass is 460 g/mol. The number of carbonyl (C=O) groups is 4. The molecule has 1 N–H and O–H groups in total. The number of nitrogens with one attached hydrogen (secondary N) is 1. The third-order valence-electron chi connectivity index (χ3n) is 6.02. The number of ether oxygens (including phenoxy) is 1. The van der Waals surface area contributed by atoms with Crippen molar-refractivity contribution >= 4 is 45.3 Å². The molecular weight excluding hydrogens is 440 g/mol. The van der Waals surface area contributed by atoms with Crippen molar-refractivity contribution in [1.29, 1.82) is 0 Å². The van der Waals surface area contributed by atoms with E-state index in [1.54, 1.807) is 12.1 Å². The zero-order chi connectivity index (χ0) is 20.9. The fraction of sp³-hybridized carbons (Fsp3) is 0.429. The third kappa shape index (κ3) is 3.39. The second-order valence-corrected chi connectivity index (χ2v) is 8.70. The highest BCUT2D eigenvalue weighted by Gasteiger charge is 2.60. The maximum Gasteiger partial charge on any atom is 0.329 e. The molecule has 1 saturated heterocycles. The molecule has 0 unspecified atom stereocenters. The number of fused-ring (bicyclic) bond motifs is 5. The van der Waals surface area contributed by atoms with Crippen LogP contribution in [0.1, 0.15) is 18.9 Å². The molecule has 0 spiro atoms. The van der Waals surface area contributed by atoms with Gasteiger partial charge in [0.05, 0.1) is 11.8 Å². The molecule has 7 nitrogen and oxygen atoms in total. The average Bonchev–Trinajstić information content (AvgIpc) is 3.36. The number of hydrogen-bond acceptors (Lipinski definition) is 5. The number of halogens is 1. The molecule has 1 saturated carbocycles. The Morgan fingerprint density at radius 1 is 1.21 bits per heavy atom. The van der Waals surface area contributed by atoms with E-state index in [2.05, 4.69) is 21.2 Å². The lowest BCUT2D eigenvalue weighted by Gasteiger charge is -2.23. The number of esters is 1. The summed E-state index contributed by atoms with van der Waals surface area (Å²) in [6.45, 7) is 2.86. The largest absolute Gasteiger partial charge is 0.454 e. The number of carbonyl (C=O) groups excluding carboxylic acids is 4. The van der Waals surface area contributed by atoms with E-state index >= 15 is 0 Å². The molecule has 152 valence electrons. The first-order chi connectivity index (χ1) is 13.8. The Morgan fingerprint density at radius 2 is 1.83 bits per heavy atom. The van der Waals surface area contributed by atoms with Crippen LogP contribution in [0.4, 0.5) is 5.69 Å². The average molecular weight is 461 g/mol. The Balaban J connectivity index is 1.34. The predicted octanol–water partition coefficient (Wildman–Crippen LogP) is 2.43. The normalized spacial score (nSPS) is 27.9. The second-order valence-electron chi connectivity index (χ2n) is 7.84. The SMILES string of the molecule is Cc1cc(NC(=O)COC(=O)[C@H](C)N2C(=O)[C@@H]3[C@@H](C2=O)[C@H]2C=C[C@H]3C2)ccc1Br. The number of rotatable bonds is 5. The van der Waals surface area contributed by atoms with Crippen molar-refractivity contribution in [2.24, 2.45) is 23.7 Å². The molecule has 5 atom stereocenters. The fourth-order valence-electron chi connectivity index (χ4n) is 4.59. The lowest BCUT2D eigenvalue weighted by Crippen LogP contribution is -2.45. The van der Waals surface area contributed by atoms with E-state index in [0.29, 0.717) is 5.69 Å². The van der Waals surface area contributed by atoms with Crippen molar-refractivity contribution in [3.63, 3.8) is 0 Å². The molecule has 8 heteroatoms. The third-order valence-corrected chi connectivity index (χ3v) is 6.91. The minimum atomic E-state index is -1.05. The number of imide groups is 1. The van der Waals surface area contributed by atoms with E-state index in [1.807, 2.05) is 25.1 Å². The van der Waals surface area contributed by atoms with Crippen LogP contribution < -0.4 is 5.32 Å². The number of nitrogens with zero attached hydrogens (tertiary/aromatic N) is 1. The first-order valence-electron chi connectivity index (χ1n) is 9.56. The van der Waals surface area contributed by atoms with Crippen LogP contribution in [0.25, 0.3) is 0 Å². The van der Waals surface area contributed by atoms with Crippen LogP contribution in [0.5, 0.6) is 0 Å². The summed E-state index contributed by atoms with van der Waals surface area (Å²) >= 11 is 3.39. The maximum atomic E-state index is 12.8. The molecule has 2 bridgehead atoms. The lowest BCUT2D eigenvalue weighted by atomic mass is 9.85. The highest BCUT2D eigenvalue weighted by atomic mass is 79.9. The molecule has 2 aliphatic carbocycles. The summed E-state index contributed by atoms with van der Waals surface area (Å²) in [4.78, 5) is 51.0. The zero-order valence-corrected chi connectivity index (χ0v) is 17.6. The van der Waals surface area contributed by atoms with Gasteiger partial charge in [-0.2, -0.15) is 0 Å². The summed E-state index contributed by atoms with van der Waals surface area (Å²) in [5, 5.41) is 2.65. The minimum Gasteiger partial charge on any atom is -0.454 e. The predicted molar refractivity (Wildman–Crippen MR) is 107 cm³/mol. The molecular formula is C21H21BrN2O5. The van der Waals surface area contributed by atoms with Crippen LogP contribution in [-0.4, -0.2) is 41.2 Å². The Kier molecular flexibility index (Phi) is 5.06. The van der Waals surface area contributed by atoms with Crippen LogP contribution in [0.2, 0.25) is 0 Å². The van der Waals surface area contributed by atoms with Gasteiger partial charge in [0.15, 0.2) is 6.61 Å². The van der Waals surface area contributed by atoms with Gasteiger partial charge in [0.1, 0.15) is 6.04 Å². The van der Waals surface area contributed by atoms with Crippen LogP contribution in [0.15, 0.2) is 34.8 Å². The smallest absolute Gasteiger partial charge is 0.329 e. The molecule has 1 heterocycles. The Morgan fingerprint density at radius 3 is 2.41 bits per heavy atom. The molecule has 3 aliphatic rings. The summed E-state index contributed by atoms with van der Waals surface area (Å²) in [7, 11) is 0. The first-order valence-corrected chi connectivity index (χ1v) is 10.3. The van der Waals surface area contributed by atoms with Gasteiger partial charge in [-0.25, -0.2) is 4.79 Å². The Bertz CT molecular complexity index is 913. The highest BCUT2D eigenvalue weighted by molar-refractivity contribution is 9.10. The minimum absolute atomic E-state index is 0.0785. The van der Waals surface area contributed by atoms with E-state index < -0.39 is 24.5 Å². The van der Waals surface area contributed by atoms with Crippen LogP contribution in [0, 0.1) is 30.6 Å². The molecule has 1 aliphatic heterocycles. The van der Waals surface area contributed by atoms with Crippen molar-refractivity contribution in [3.8, 4) is 0 Å². The van der Waals surface area contributed by atoms with Crippen molar-refractivity contribution < 1.29 is 23.9 Å². The van der Waals surface area contributed by atoms with Crippen LogP contribution in [-0.2, 0) is 23.9 Å². The maximum absolute atomic E-state index is 12.8. The topological polar surface area (TPSA) is 92.8 Å². The van der Waals surface area contributed by atoms with Gasteiger partial charge >= 0.3 is 5.97 Å². The van der Waals surface area contributed by atoms with Crippen molar-refractivity contribution in [2.45, 2.75) is 26.3 Å². The fourth-order valence-corrected chi connectivity index (χ4v) is 4.84. The summed E-state index contributed by atoms with van der Waals surface area (Å²) in [5.41, 5.74) is 1.54. The number of benzene rings is 1. The standard InChI is InChI=1S/C21H21BrN2O5/c1-10-7-14(5-6-15(10)22)23-16(25)9-29-21(28)11(2)24-19(26)17-12-3-4-13(8-12)18(17)20(24)27/h3-7,11-13,17-18H,8-9H2,1-2H3,(H,23,25)/t11-,12-,13-,17-,18-/m0/s1. The van der Waals surface area contributed by atoms with Gasteiger partial charge in [0, 0.05) is 10.2 Å². The molecule has 4 rings (SSSR count). The number of amides is 3. The molecule has 1 aromatic rings. The zero-order valence-electron chi connectivity index (χ0n) is 16.1. The number of allylic oxidation sites excluding steroid dienone is 2. The van der Waals surface area contributed by atoms with E-state index in [9.17, 15) is 19.2 Å². The van der Waals surface area contributed by atoms with Gasteiger partial charge in [-0.3, -0.25) is 19.3 Å². The van der Waals surface area contributed by atoms with Gasteiger partial charge in [0.25, 0.3) is 5.91 Å². The molecule has 3 amide bonds. The van der Waals surface area contributed by atoms with Gasteiger partial charge in [0.2, 0.25) is 11.8 Å². The quantitative estimate of drug-likeness (QED) is 0.413. The van der Waals surface area contributed by atoms with Crippen LogP contribution in [0.3, 0.4) is 0 Å². The molecule has 0 aromatic heterocycles. The van der Waals surface area contributed by atoms with E-state index in [4.69, 9.17) is 4.74 Å². The van der Waals surface area contributed by atoms with E-state index in [1.165, 1.54) is 6.92 Å². The second kappa shape index (κ2) is 7.40. The summed E-state index contributed by atoms with van der Waals surface area (Å²) < 4.78 is 5.99. The van der Waals surface area contributed by atoms with Crippen molar-refractivity contribution in [1.82, 2.24) is 4.90 Å².